The maximum Gasteiger partial charge on any atom is 0.310 e. The van der Waals surface area contributed by atoms with Gasteiger partial charge in [-0.1, -0.05) is 20.8 Å². The van der Waals surface area contributed by atoms with Crippen molar-refractivity contribution in [3.63, 3.8) is 0 Å². The number of rotatable bonds is 8. The molecule has 5 nitrogen and oxygen atoms in total. The Labute approximate surface area is 164 Å². The third-order valence-electron chi connectivity index (χ3n) is 8.08. The lowest BCUT2D eigenvalue weighted by molar-refractivity contribution is -0.150. The lowest BCUT2D eigenvalue weighted by atomic mass is 9.70. The number of hydrogen-bond donors (Lipinski definition) is 1. The monoisotopic (exact) mass is 381 g/mol. The zero-order valence-corrected chi connectivity index (χ0v) is 17.7. The van der Waals surface area contributed by atoms with Crippen molar-refractivity contribution in [3.8, 4) is 0 Å². The highest BCUT2D eigenvalue weighted by Gasteiger charge is 2.61. The molecule has 3 rings (SSSR count). The number of aliphatic hydroxyl groups excluding tert-OH is 1. The predicted molar refractivity (Wildman–Crippen MR) is 105 cm³/mol. The molecule has 0 radical (unpaired) electrons. The SMILES string of the molecule is CCOC(=O)[C@@H]1CCCN(C[C@@H](O)CCO[C@H]2C[C@H]3CC[C@@]2(C)C3(C)C)C1. The average Bonchev–Trinajstić information content (AvgIpc) is 2.95. The molecule has 0 spiro atoms. The van der Waals surface area contributed by atoms with Gasteiger partial charge in [0, 0.05) is 19.7 Å². The van der Waals surface area contributed by atoms with Crippen LogP contribution in [0.1, 0.15) is 66.2 Å². The van der Waals surface area contributed by atoms with Crippen LogP contribution in [0, 0.1) is 22.7 Å². The Kier molecular flexibility index (Phi) is 6.54. The minimum atomic E-state index is -0.398. The van der Waals surface area contributed by atoms with Gasteiger partial charge in [0.1, 0.15) is 0 Å². The van der Waals surface area contributed by atoms with Gasteiger partial charge in [0.05, 0.1) is 24.7 Å². The van der Waals surface area contributed by atoms with Gasteiger partial charge in [-0.15, -0.1) is 0 Å². The zero-order chi connectivity index (χ0) is 19.7. The Morgan fingerprint density at radius 3 is 2.70 bits per heavy atom. The lowest BCUT2D eigenvalue weighted by Crippen LogP contribution is -2.43. The molecule has 5 atom stereocenters. The molecule has 3 fully saturated rings. The number of carbonyl (C=O) groups is 1. The minimum absolute atomic E-state index is 0.0432. The summed E-state index contributed by atoms with van der Waals surface area (Å²) in [6, 6.07) is 0. The van der Waals surface area contributed by atoms with Crippen LogP contribution in [0.25, 0.3) is 0 Å². The van der Waals surface area contributed by atoms with Crippen molar-refractivity contribution >= 4 is 5.97 Å². The van der Waals surface area contributed by atoms with Crippen LogP contribution >= 0.6 is 0 Å². The molecular formula is C22H39NO4. The molecule has 0 aromatic heterocycles. The second kappa shape index (κ2) is 8.38. The molecule has 1 saturated heterocycles. The van der Waals surface area contributed by atoms with E-state index in [1.54, 1.807) is 0 Å². The van der Waals surface area contributed by atoms with E-state index in [0.29, 0.717) is 44.2 Å². The van der Waals surface area contributed by atoms with E-state index in [0.717, 1.165) is 25.3 Å². The summed E-state index contributed by atoms with van der Waals surface area (Å²) in [6.07, 6.45) is 6.26. The molecule has 1 aliphatic heterocycles. The summed E-state index contributed by atoms with van der Waals surface area (Å²) in [5, 5.41) is 10.5. The Morgan fingerprint density at radius 1 is 1.30 bits per heavy atom. The Hall–Kier alpha value is -0.650. The Morgan fingerprint density at radius 2 is 2.07 bits per heavy atom. The molecule has 156 valence electrons. The highest BCUT2D eigenvalue weighted by atomic mass is 16.5. The number of likely N-dealkylation sites (tertiary alicyclic amines) is 1. The van der Waals surface area contributed by atoms with E-state index in [9.17, 15) is 9.90 Å². The van der Waals surface area contributed by atoms with E-state index in [1.807, 2.05) is 6.92 Å². The van der Waals surface area contributed by atoms with Gasteiger partial charge in [-0.25, -0.2) is 0 Å². The smallest absolute Gasteiger partial charge is 0.310 e. The second-order valence-electron chi connectivity index (χ2n) is 9.76. The zero-order valence-electron chi connectivity index (χ0n) is 17.7. The third kappa shape index (κ3) is 4.20. The summed E-state index contributed by atoms with van der Waals surface area (Å²) in [5.41, 5.74) is 0.647. The number of piperidine rings is 1. The van der Waals surface area contributed by atoms with Crippen LogP contribution in [0.5, 0.6) is 0 Å². The van der Waals surface area contributed by atoms with Crippen LogP contribution in [-0.2, 0) is 14.3 Å². The quantitative estimate of drug-likeness (QED) is 0.654. The Bertz CT molecular complexity index is 522. The van der Waals surface area contributed by atoms with Crippen molar-refractivity contribution in [1.29, 1.82) is 0 Å². The lowest BCUT2D eigenvalue weighted by Gasteiger charge is -2.39. The molecule has 0 aromatic rings. The molecule has 2 saturated carbocycles. The van der Waals surface area contributed by atoms with E-state index < -0.39 is 6.10 Å². The van der Waals surface area contributed by atoms with Crippen LogP contribution in [0.3, 0.4) is 0 Å². The summed E-state index contributed by atoms with van der Waals surface area (Å²) in [4.78, 5) is 14.2. The largest absolute Gasteiger partial charge is 0.466 e. The van der Waals surface area contributed by atoms with Gasteiger partial charge in [-0.3, -0.25) is 9.69 Å². The molecule has 0 aromatic carbocycles. The molecule has 0 amide bonds. The third-order valence-corrected chi connectivity index (χ3v) is 8.08. The summed E-state index contributed by atoms with van der Waals surface area (Å²) in [5.74, 6) is 0.649. The summed E-state index contributed by atoms with van der Waals surface area (Å²) >= 11 is 0. The highest BCUT2D eigenvalue weighted by molar-refractivity contribution is 5.72. The van der Waals surface area contributed by atoms with Gasteiger partial charge >= 0.3 is 5.97 Å². The molecular weight excluding hydrogens is 342 g/mol. The normalized spacial score (nSPS) is 36.7. The first-order valence-corrected chi connectivity index (χ1v) is 11.0. The topological polar surface area (TPSA) is 59.0 Å². The average molecular weight is 382 g/mol. The molecule has 1 N–H and O–H groups in total. The first-order chi connectivity index (χ1) is 12.8. The molecule has 27 heavy (non-hydrogen) atoms. The number of fused-ring (bicyclic) bond motifs is 2. The van der Waals surface area contributed by atoms with Crippen molar-refractivity contribution in [2.45, 2.75) is 78.4 Å². The second-order valence-corrected chi connectivity index (χ2v) is 9.76. The number of esters is 1. The van der Waals surface area contributed by atoms with E-state index in [1.165, 1.54) is 19.3 Å². The van der Waals surface area contributed by atoms with Gasteiger partial charge < -0.3 is 14.6 Å². The Balaban J connectivity index is 1.39. The van der Waals surface area contributed by atoms with Gasteiger partial charge in [-0.05, 0) is 68.7 Å². The van der Waals surface area contributed by atoms with E-state index in [4.69, 9.17) is 9.47 Å². The number of carbonyl (C=O) groups excluding carboxylic acids is 1. The van der Waals surface area contributed by atoms with Crippen LogP contribution in [-0.4, -0.2) is 61.0 Å². The van der Waals surface area contributed by atoms with Crippen LogP contribution in [0.4, 0.5) is 0 Å². The number of aliphatic hydroxyl groups is 1. The summed E-state index contributed by atoms with van der Waals surface area (Å²) in [7, 11) is 0. The summed E-state index contributed by atoms with van der Waals surface area (Å²) < 4.78 is 11.4. The molecule has 2 aliphatic carbocycles. The summed E-state index contributed by atoms with van der Waals surface area (Å²) in [6.45, 7) is 12.4. The molecule has 5 heteroatoms. The number of nitrogens with zero attached hydrogens (tertiary/aromatic N) is 1. The van der Waals surface area contributed by atoms with Gasteiger partial charge in [0.2, 0.25) is 0 Å². The van der Waals surface area contributed by atoms with Crippen molar-refractivity contribution < 1.29 is 19.4 Å². The predicted octanol–water partition coefficient (Wildman–Crippen LogP) is 3.24. The molecule has 2 bridgehead atoms. The van der Waals surface area contributed by atoms with Crippen LogP contribution in [0.2, 0.25) is 0 Å². The van der Waals surface area contributed by atoms with Crippen molar-refractivity contribution in [2.24, 2.45) is 22.7 Å². The molecule has 3 aliphatic rings. The van der Waals surface area contributed by atoms with Gasteiger partial charge in [0.25, 0.3) is 0 Å². The van der Waals surface area contributed by atoms with E-state index in [2.05, 4.69) is 25.7 Å². The maximum atomic E-state index is 12.0. The number of hydrogen-bond acceptors (Lipinski definition) is 5. The van der Waals surface area contributed by atoms with Crippen molar-refractivity contribution in [1.82, 2.24) is 4.90 Å². The van der Waals surface area contributed by atoms with E-state index in [-0.39, 0.29) is 17.3 Å². The highest BCUT2D eigenvalue weighted by Crippen LogP contribution is 2.66. The van der Waals surface area contributed by atoms with Gasteiger partial charge in [0.15, 0.2) is 0 Å². The van der Waals surface area contributed by atoms with Crippen LogP contribution in [0.15, 0.2) is 0 Å². The molecule has 1 heterocycles. The number of ether oxygens (including phenoxy) is 2. The molecule has 0 unspecified atom stereocenters. The minimum Gasteiger partial charge on any atom is -0.466 e. The first kappa shape index (κ1) is 21.1. The fraction of sp³-hybridized carbons (Fsp3) is 0.955. The fourth-order valence-corrected chi connectivity index (χ4v) is 5.79. The van der Waals surface area contributed by atoms with Crippen molar-refractivity contribution in [2.75, 3.05) is 32.8 Å². The number of β-amino-alcohol motifs (C(OH)–C–C–N with tert-alkyl or cyclic N) is 1. The van der Waals surface area contributed by atoms with Crippen LogP contribution < -0.4 is 0 Å². The first-order valence-electron chi connectivity index (χ1n) is 11.0. The maximum absolute atomic E-state index is 12.0. The fourth-order valence-electron chi connectivity index (χ4n) is 5.79. The van der Waals surface area contributed by atoms with E-state index >= 15 is 0 Å². The van der Waals surface area contributed by atoms with Gasteiger partial charge in [-0.2, -0.15) is 0 Å². The van der Waals surface area contributed by atoms with Crippen molar-refractivity contribution in [3.05, 3.63) is 0 Å². The standard InChI is InChI=1S/C22H39NO4/c1-5-26-20(25)16-7-6-11-23(14-16)15-18(24)9-12-27-19-13-17-8-10-22(19,4)21(17,2)3/h16-19,24H,5-15H2,1-4H3/t16-,17-,18+,19+,22-/m1/s1.